The Hall–Kier alpha value is -3.07. The summed E-state index contributed by atoms with van der Waals surface area (Å²) in [6.07, 6.45) is 5.26. The Kier molecular flexibility index (Phi) is 7.74. The second kappa shape index (κ2) is 10.5. The van der Waals surface area contributed by atoms with Crippen LogP contribution in [0.2, 0.25) is 0 Å². The van der Waals surface area contributed by atoms with E-state index < -0.39 is 11.9 Å². The normalized spacial score (nSPS) is 13.9. The molecule has 172 valence electrons. The Labute approximate surface area is 191 Å². The zero-order valence-electron chi connectivity index (χ0n) is 18.7. The third-order valence-electron chi connectivity index (χ3n) is 5.56. The first-order chi connectivity index (χ1) is 15.4. The standard InChI is InChI=1S/C23H28N2O6S/c1-13-18(23(28)31-4)22(32-19(13)21(27)24-15-8-6-5-7-9-15)25-20(26)14-10-11-16(29-2)17(12-14)30-3/h10-12,15H,5-9H2,1-4H3,(H,24,27)(H,25,26). The van der Waals surface area contributed by atoms with Gasteiger partial charge < -0.3 is 24.8 Å². The van der Waals surface area contributed by atoms with Gasteiger partial charge in [0.15, 0.2) is 11.5 Å². The summed E-state index contributed by atoms with van der Waals surface area (Å²) >= 11 is 1.07. The first kappa shape index (κ1) is 23.6. The molecule has 1 aliphatic rings. The van der Waals surface area contributed by atoms with Crippen molar-refractivity contribution in [1.29, 1.82) is 0 Å². The third-order valence-corrected chi connectivity index (χ3v) is 6.76. The van der Waals surface area contributed by atoms with E-state index in [0.29, 0.717) is 27.5 Å². The molecule has 2 aromatic rings. The van der Waals surface area contributed by atoms with E-state index in [0.717, 1.165) is 37.0 Å². The van der Waals surface area contributed by atoms with Crippen LogP contribution < -0.4 is 20.1 Å². The van der Waals surface area contributed by atoms with Crippen molar-refractivity contribution in [2.45, 2.75) is 45.1 Å². The van der Waals surface area contributed by atoms with E-state index in [1.165, 1.54) is 27.8 Å². The molecule has 0 aliphatic heterocycles. The summed E-state index contributed by atoms with van der Waals surface area (Å²) in [5.41, 5.74) is 0.982. The lowest BCUT2D eigenvalue weighted by Gasteiger charge is -2.22. The molecule has 2 amide bonds. The fraction of sp³-hybridized carbons (Fsp3) is 0.435. The van der Waals surface area contributed by atoms with E-state index in [2.05, 4.69) is 10.6 Å². The first-order valence-electron chi connectivity index (χ1n) is 10.5. The van der Waals surface area contributed by atoms with E-state index in [-0.39, 0.29) is 22.5 Å². The molecule has 1 aromatic heterocycles. The summed E-state index contributed by atoms with van der Waals surface area (Å²) < 4.78 is 15.4. The molecule has 1 aromatic carbocycles. The molecule has 3 rings (SSSR count). The number of esters is 1. The van der Waals surface area contributed by atoms with Gasteiger partial charge in [0.25, 0.3) is 11.8 Å². The van der Waals surface area contributed by atoms with Gasteiger partial charge in [0, 0.05) is 11.6 Å². The molecule has 8 nitrogen and oxygen atoms in total. The summed E-state index contributed by atoms with van der Waals surface area (Å²) in [7, 11) is 4.25. The van der Waals surface area contributed by atoms with Gasteiger partial charge in [0.2, 0.25) is 0 Å². The SMILES string of the molecule is COC(=O)c1c(NC(=O)c2ccc(OC)c(OC)c2)sc(C(=O)NC2CCCCC2)c1C. The van der Waals surface area contributed by atoms with Gasteiger partial charge in [-0.2, -0.15) is 0 Å². The van der Waals surface area contributed by atoms with Gasteiger partial charge in [-0.15, -0.1) is 11.3 Å². The fourth-order valence-electron chi connectivity index (χ4n) is 3.82. The highest BCUT2D eigenvalue weighted by atomic mass is 32.1. The molecule has 2 N–H and O–H groups in total. The molecule has 1 aliphatic carbocycles. The molecule has 32 heavy (non-hydrogen) atoms. The number of carbonyl (C=O) groups excluding carboxylic acids is 3. The minimum atomic E-state index is -0.613. The number of rotatable bonds is 7. The monoisotopic (exact) mass is 460 g/mol. The largest absolute Gasteiger partial charge is 0.493 e. The van der Waals surface area contributed by atoms with Crippen LogP contribution in [0.1, 0.15) is 68.1 Å². The zero-order chi connectivity index (χ0) is 23.3. The van der Waals surface area contributed by atoms with Gasteiger partial charge >= 0.3 is 5.97 Å². The van der Waals surface area contributed by atoms with E-state index in [1.54, 1.807) is 25.1 Å². The molecule has 9 heteroatoms. The Bertz CT molecular complexity index is 1010. The Morgan fingerprint density at radius 3 is 2.28 bits per heavy atom. The molecule has 1 fully saturated rings. The van der Waals surface area contributed by atoms with E-state index in [9.17, 15) is 14.4 Å². The number of carbonyl (C=O) groups is 3. The molecule has 0 radical (unpaired) electrons. The quantitative estimate of drug-likeness (QED) is 0.601. The van der Waals surface area contributed by atoms with Gasteiger partial charge in [-0.3, -0.25) is 9.59 Å². The number of thiophene rings is 1. The Balaban J connectivity index is 1.88. The van der Waals surface area contributed by atoms with E-state index >= 15 is 0 Å². The molecule has 0 bridgehead atoms. The molecule has 0 spiro atoms. The van der Waals surface area contributed by atoms with Crippen molar-refractivity contribution in [3.05, 3.63) is 39.8 Å². The van der Waals surface area contributed by atoms with Crippen LogP contribution in [0.3, 0.4) is 0 Å². The molecule has 0 atom stereocenters. The summed E-state index contributed by atoms with van der Waals surface area (Å²) in [5, 5.41) is 6.08. The lowest BCUT2D eigenvalue weighted by Crippen LogP contribution is -2.36. The van der Waals surface area contributed by atoms with Crippen molar-refractivity contribution in [2.24, 2.45) is 0 Å². The van der Waals surface area contributed by atoms with Crippen molar-refractivity contribution in [2.75, 3.05) is 26.6 Å². The highest BCUT2D eigenvalue weighted by molar-refractivity contribution is 7.18. The van der Waals surface area contributed by atoms with Crippen molar-refractivity contribution >= 4 is 34.1 Å². The molecule has 0 unspecified atom stereocenters. The highest BCUT2D eigenvalue weighted by Crippen LogP contribution is 2.35. The van der Waals surface area contributed by atoms with Gasteiger partial charge in [-0.1, -0.05) is 19.3 Å². The van der Waals surface area contributed by atoms with Gasteiger partial charge in [-0.05, 0) is 43.5 Å². The average Bonchev–Trinajstić information content (AvgIpc) is 3.14. The zero-order valence-corrected chi connectivity index (χ0v) is 19.5. The number of amides is 2. The van der Waals surface area contributed by atoms with Crippen LogP contribution in [0.4, 0.5) is 5.00 Å². The van der Waals surface area contributed by atoms with Crippen LogP contribution >= 0.6 is 11.3 Å². The van der Waals surface area contributed by atoms with Crippen molar-refractivity contribution in [1.82, 2.24) is 5.32 Å². The van der Waals surface area contributed by atoms with Crippen molar-refractivity contribution < 1.29 is 28.6 Å². The Morgan fingerprint density at radius 1 is 0.969 bits per heavy atom. The number of benzene rings is 1. The smallest absolute Gasteiger partial charge is 0.341 e. The van der Waals surface area contributed by atoms with Crippen LogP contribution in [-0.2, 0) is 4.74 Å². The number of ether oxygens (including phenoxy) is 3. The van der Waals surface area contributed by atoms with E-state index in [1.807, 2.05) is 0 Å². The van der Waals surface area contributed by atoms with Gasteiger partial charge in [-0.25, -0.2) is 4.79 Å². The molecule has 0 saturated heterocycles. The predicted octanol–water partition coefficient (Wildman–Crippen LogP) is 4.18. The van der Waals surface area contributed by atoms with Gasteiger partial charge in [0.1, 0.15) is 5.00 Å². The second-order valence-corrected chi connectivity index (χ2v) is 8.60. The van der Waals surface area contributed by atoms with Crippen LogP contribution in [0.5, 0.6) is 11.5 Å². The van der Waals surface area contributed by atoms with Crippen LogP contribution in [0, 0.1) is 6.92 Å². The topological polar surface area (TPSA) is 103 Å². The number of anilines is 1. The summed E-state index contributed by atoms with van der Waals surface area (Å²) in [6, 6.07) is 4.89. The molecule has 1 heterocycles. The van der Waals surface area contributed by atoms with Crippen LogP contribution in [-0.4, -0.2) is 45.2 Å². The third kappa shape index (κ3) is 5.04. The maximum Gasteiger partial charge on any atom is 0.341 e. The van der Waals surface area contributed by atoms with E-state index in [4.69, 9.17) is 14.2 Å². The lowest BCUT2D eigenvalue weighted by atomic mass is 9.95. The average molecular weight is 461 g/mol. The van der Waals surface area contributed by atoms with Crippen LogP contribution in [0.15, 0.2) is 18.2 Å². The summed E-state index contributed by atoms with van der Waals surface area (Å²) in [4.78, 5) is 38.7. The minimum absolute atomic E-state index is 0.129. The number of hydrogen-bond donors (Lipinski definition) is 2. The number of methoxy groups -OCH3 is 3. The second-order valence-electron chi connectivity index (χ2n) is 7.58. The summed E-state index contributed by atoms with van der Waals surface area (Å²) in [6.45, 7) is 1.69. The first-order valence-corrected chi connectivity index (χ1v) is 11.3. The summed E-state index contributed by atoms with van der Waals surface area (Å²) in [5.74, 6) is -0.401. The lowest BCUT2D eigenvalue weighted by molar-refractivity contribution is 0.0601. The maximum atomic E-state index is 12.9. The number of nitrogens with one attached hydrogen (secondary N) is 2. The maximum absolute atomic E-state index is 12.9. The predicted molar refractivity (Wildman–Crippen MR) is 122 cm³/mol. The van der Waals surface area contributed by atoms with Crippen molar-refractivity contribution in [3.8, 4) is 11.5 Å². The molecular formula is C23H28N2O6S. The molecule has 1 saturated carbocycles. The van der Waals surface area contributed by atoms with Gasteiger partial charge in [0.05, 0.1) is 31.8 Å². The van der Waals surface area contributed by atoms with Crippen LogP contribution in [0.25, 0.3) is 0 Å². The van der Waals surface area contributed by atoms with Crippen molar-refractivity contribution in [3.63, 3.8) is 0 Å². The minimum Gasteiger partial charge on any atom is -0.493 e. The molecular weight excluding hydrogens is 432 g/mol. The number of hydrogen-bond acceptors (Lipinski definition) is 7. The highest BCUT2D eigenvalue weighted by Gasteiger charge is 2.28. The fourth-order valence-corrected chi connectivity index (χ4v) is 4.91. The Morgan fingerprint density at radius 2 is 1.66 bits per heavy atom.